The number of rotatable bonds is 3. The molecule has 1 aliphatic heterocycles. The molecule has 148 valence electrons. The predicted octanol–water partition coefficient (Wildman–Crippen LogP) is 4.72. The van der Waals surface area contributed by atoms with Crippen LogP contribution in [0, 0.1) is 11.7 Å². The van der Waals surface area contributed by atoms with Crippen LogP contribution in [0.2, 0.25) is 5.02 Å². The van der Waals surface area contributed by atoms with E-state index in [4.69, 9.17) is 11.6 Å². The molecule has 2 heterocycles. The van der Waals surface area contributed by atoms with E-state index in [0.29, 0.717) is 22.0 Å². The van der Waals surface area contributed by atoms with Gasteiger partial charge in [0.05, 0.1) is 16.5 Å². The number of aromatic amines is 1. The number of amides is 1. The van der Waals surface area contributed by atoms with Crippen LogP contribution in [0.15, 0.2) is 36.4 Å². The third kappa shape index (κ3) is 3.99. The summed E-state index contributed by atoms with van der Waals surface area (Å²) in [6, 6.07) is 10.00. The lowest BCUT2D eigenvalue weighted by Gasteiger charge is -2.28. The van der Waals surface area contributed by atoms with Gasteiger partial charge in [0.15, 0.2) is 5.82 Å². The largest absolute Gasteiger partial charge is 0.308 e. The van der Waals surface area contributed by atoms with Crippen molar-refractivity contribution in [3.05, 3.63) is 47.2 Å². The smallest absolute Gasteiger partial charge is 0.229 e. The van der Waals surface area contributed by atoms with Crippen molar-refractivity contribution in [1.29, 1.82) is 0 Å². The van der Waals surface area contributed by atoms with E-state index in [-0.39, 0.29) is 30.0 Å². The summed E-state index contributed by atoms with van der Waals surface area (Å²) in [6.45, 7) is 1.76. The zero-order chi connectivity index (χ0) is 19.0. The number of benzene rings is 2. The Morgan fingerprint density at radius 2 is 2.18 bits per heavy atom. The number of H-pyrrole nitrogens is 1. The third-order valence-electron chi connectivity index (χ3n) is 5.05. The second-order valence-corrected chi connectivity index (χ2v) is 7.43. The summed E-state index contributed by atoms with van der Waals surface area (Å²) < 4.78 is 14.3. The van der Waals surface area contributed by atoms with Gasteiger partial charge in [0.1, 0.15) is 5.82 Å². The molecule has 0 radical (unpaired) electrons. The van der Waals surface area contributed by atoms with Gasteiger partial charge < -0.3 is 10.2 Å². The first-order chi connectivity index (χ1) is 13.0. The number of carbonyl (C=O) groups excluding carboxylic acids is 1. The standard InChI is InChI=1S/C20H20ClFN4O.ClH/c1-26-9-3-4-13(11-26)20(27)23-19-14-10-12(7-8-17(14)24-25-19)18-15(21)5-2-6-16(18)22;/h2,5-8,10,13H,3-4,9,11H2,1H3,(H2,23,24,25,27);1H. The first-order valence-electron chi connectivity index (χ1n) is 8.95. The van der Waals surface area contributed by atoms with Crippen LogP contribution in [-0.4, -0.2) is 41.1 Å². The minimum Gasteiger partial charge on any atom is -0.308 e. The lowest BCUT2D eigenvalue weighted by atomic mass is 9.97. The Morgan fingerprint density at radius 1 is 1.36 bits per heavy atom. The minimum atomic E-state index is -0.388. The second-order valence-electron chi connectivity index (χ2n) is 7.02. The molecule has 0 aliphatic carbocycles. The van der Waals surface area contributed by atoms with Crippen LogP contribution in [0.5, 0.6) is 0 Å². The molecule has 28 heavy (non-hydrogen) atoms. The number of fused-ring (bicyclic) bond motifs is 1. The van der Waals surface area contributed by atoms with Crippen molar-refractivity contribution in [1.82, 2.24) is 15.1 Å². The first-order valence-corrected chi connectivity index (χ1v) is 9.32. The van der Waals surface area contributed by atoms with Gasteiger partial charge in [-0.1, -0.05) is 23.7 Å². The van der Waals surface area contributed by atoms with Crippen molar-refractivity contribution >= 4 is 46.6 Å². The fourth-order valence-corrected chi connectivity index (χ4v) is 3.91. The first kappa shape index (κ1) is 20.6. The zero-order valence-electron chi connectivity index (χ0n) is 15.3. The van der Waals surface area contributed by atoms with E-state index in [1.165, 1.54) is 6.07 Å². The van der Waals surface area contributed by atoms with E-state index >= 15 is 0 Å². The van der Waals surface area contributed by atoms with Crippen LogP contribution in [0.1, 0.15) is 12.8 Å². The maximum atomic E-state index is 14.3. The number of likely N-dealkylation sites (tertiary alicyclic amines) is 1. The molecule has 1 fully saturated rings. The topological polar surface area (TPSA) is 61.0 Å². The number of carbonyl (C=O) groups is 1. The average molecular weight is 423 g/mol. The number of hydrogen-bond donors (Lipinski definition) is 2. The highest BCUT2D eigenvalue weighted by Gasteiger charge is 2.25. The summed E-state index contributed by atoms with van der Waals surface area (Å²) in [5, 5.41) is 11.1. The summed E-state index contributed by atoms with van der Waals surface area (Å²) in [5.41, 5.74) is 1.75. The van der Waals surface area contributed by atoms with Gasteiger partial charge in [-0.15, -0.1) is 12.4 Å². The molecule has 1 amide bonds. The molecule has 0 spiro atoms. The van der Waals surface area contributed by atoms with Crippen molar-refractivity contribution < 1.29 is 9.18 Å². The quantitative estimate of drug-likeness (QED) is 0.641. The van der Waals surface area contributed by atoms with Gasteiger partial charge in [-0.05, 0) is 56.3 Å². The Bertz CT molecular complexity index is 987. The van der Waals surface area contributed by atoms with Crippen molar-refractivity contribution in [2.75, 3.05) is 25.5 Å². The summed E-state index contributed by atoms with van der Waals surface area (Å²) >= 11 is 6.19. The number of nitrogens with one attached hydrogen (secondary N) is 2. The maximum Gasteiger partial charge on any atom is 0.229 e. The molecule has 2 N–H and O–H groups in total. The Kier molecular flexibility index (Phi) is 6.23. The predicted molar refractivity (Wildman–Crippen MR) is 113 cm³/mol. The number of halogens is 3. The molecule has 4 rings (SSSR count). The molecule has 1 unspecified atom stereocenters. The molecule has 0 bridgehead atoms. The lowest BCUT2D eigenvalue weighted by Crippen LogP contribution is -2.38. The Morgan fingerprint density at radius 3 is 2.93 bits per heavy atom. The molecular weight excluding hydrogens is 402 g/mol. The number of anilines is 1. The fraction of sp³-hybridized carbons (Fsp3) is 0.300. The van der Waals surface area contributed by atoms with Gasteiger partial charge in [0.2, 0.25) is 5.91 Å². The SMILES string of the molecule is CN1CCCC(C(=O)Nc2n[nH]c3ccc(-c4c(F)cccc4Cl)cc23)C1.Cl. The molecule has 1 atom stereocenters. The van der Waals surface area contributed by atoms with E-state index in [9.17, 15) is 9.18 Å². The van der Waals surface area contributed by atoms with Crippen LogP contribution < -0.4 is 5.32 Å². The minimum absolute atomic E-state index is 0. The van der Waals surface area contributed by atoms with Gasteiger partial charge >= 0.3 is 0 Å². The summed E-state index contributed by atoms with van der Waals surface area (Å²) in [6.07, 6.45) is 1.88. The summed E-state index contributed by atoms with van der Waals surface area (Å²) in [4.78, 5) is 14.8. The van der Waals surface area contributed by atoms with Crippen LogP contribution in [0.3, 0.4) is 0 Å². The van der Waals surface area contributed by atoms with Crippen LogP contribution >= 0.6 is 24.0 Å². The van der Waals surface area contributed by atoms with Crippen molar-refractivity contribution in [3.63, 3.8) is 0 Å². The maximum absolute atomic E-state index is 14.3. The molecule has 2 aromatic carbocycles. The van der Waals surface area contributed by atoms with E-state index in [2.05, 4.69) is 20.4 Å². The van der Waals surface area contributed by atoms with E-state index in [0.717, 1.165) is 36.8 Å². The summed E-state index contributed by atoms with van der Waals surface area (Å²) in [5.74, 6) is -0.0253. The Hall–Kier alpha value is -2.15. The molecule has 0 saturated carbocycles. The number of aromatic nitrogens is 2. The van der Waals surface area contributed by atoms with Crippen molar-refractivity contribution in [2.24, 2.45) is 5.92 Å². The van der Waals surface area contributed by atoms with E-state index < -0.39 is 0 Å². The normalized spacial score (nSPS) is 17.3. The second kappa shape index (κ2) is 8.47. The van der Waals surface area contributed by atoms with Crippen LogP contribution in [0.25, 0.3) is 22.0 Å². The van der Waals surface area contributed by atoms with Gasteiger partial charge in [-0.3, -0.25) is 9.89 Å². The van der Waals surface area contributed by atoms with Gasteiger partial charge in [-0.2, -0.15) is 5.10 Å². The molecule has 1 aliphatic rings. The molecule has 5 nitrogen and oxygen atoms in total. The van der Waals surface area contributed by atoms with Gasteiger partial charge in [-0.25, -0.2) is 4.39 Å². The van der Waals surface area contributed by atoms with Crippen molar-refractivity contribution in [2.45, 2.75) is 12.8 Å². The molecule has 1 saturated heterocycles. The molecule has 8 heteroatoms. The van der Waals surface area contributed by atoms with Crippen LogP contribution in [-0.2, 0) is 4.79 Å². The molecular formula is C20H21Cl2FN4O. The number of nitrogens with zero attached hydrogens (tertiary/aromatic N) is 2. The number of hydrogen-bond acceptors (Lipinski definition) is 3. The molecule has 3 aromatic rings. The molecule has 1 aromatic heterocycles. The highest BCUT2D eigenvalue weighted by atomic mass is 35.5. The highest BCUT2D eigenvalue weighted by Crippen LogP contribution is 2.34. The van der Waals surface area contributed by atoms with E-state index in [1.54, 1.807) is 24.3 Å². The average Bonchev–Trinajstić information content (AvgIpc) is 3.04. The van der Waals surface area contributed by atoms with Crippen LogP contribution in [0.4, 0.5) is 10.2 Å². The summed E-state index contributed by atoms with van der Waals surface area (Å²) in [7, 11) is 2.02. The third-order valence-corrected chi connectivity index (χ3v) is 5.37. The number of piperidine rings is 1. The van der Waals surface area contributed by atoms with Crippen molar-refractivity contribution in [3.8, 4) is 11.1 Å². The zero-order valence-corrected chi connectivity index (χ0v) is 16.9. The Labute approximate surface area is 173 Å². The highest BCUT2D eigenvalue weighted by molar-refractivity contribution is 6.33. The Balaban J connectivity index is 0.00000225. The van der Waals surface area contributed by atoms with Gasteiger partial charge in [0.25, 0.3) is 0 Å². The van der Waals surface area contributed by atoms with Gasteiger partial charge in [0, 0.05) is 17.5 Å². The van der Waals surface area contributed by atoms with E-state index in [1.807, 2.05) is 13.1 Å². The monoisotopic (exact) mass is 422 g/mol. The fourth-order valence-electron chi connectivity index (χ4n) is 3.64. The lowest BCUT2D eigenvalue weighted by molar-refractivity contribution is -0.121.